The third-order valence-electron chi connectivity index (χ3n) is 3.65. The van der Waals surface area contributed by atoms with Crippen LogP contribution in [0.5, 0.6) is 0 Å². The van der Waals surface area contributed by atoms with Gasteiger partial charge < -0.3 is 31.1 Å². The first kappa shape index (κ1) is 25.0. The lowest BCUT2D eigenvalue weighted by Gasteiger charge is -2.24. The molecule has 3 atom stereocenters. The largest absolute Gasteiger partial charge is 0.481 e. The maximum Gasteiger partial charge on any atom is 0.306 e. The van der Waals surface area contributed by atoms with Crippen molar-refractivity contribution in [2.45, 2.75) is 45.2 Å². The van der Waals surface area contributed by atoms with Crippen LogP contribution < -0.4 is 16.4 Å². The summed E-state index contributed by atoms with van der Waals surface area (Å²) in [7, 11) is -2.64. The fourth-order valence-corrected chi connectivity index (χ4v) is 3.06. The van der Waals surface area contributed by atoms with E-state index in [1.165, 1.54) is 0 Å². The lowest BCUT2D eigenvalue weighted by Crippen LogP contribution is -2.54. The standard InChI is InChI=1S/C15H28N3O8P/c1-9(2)13(18-14(22)10(16)4-5-11(19)20)15(23)17-8-27(24,25)7-6-12(21)26-3/h9-10,13H,4-8,16H2,1-3H3,(H,17,23)(H,18,22)(H,19,20)(H,24,25)/t10-,13-/m0/s1. The van der Waals surface area contributed by atoms with Crippen molar-refractivity contribution in [3.63, 3.8) is 0 Å². The van der Waals surface area contributed by atoms with Crippen LogP contribution in [0.2, 0.25) is 0 Å². The van der Waals surface area contributed by atoms with Gasteiger partial charge in [0.1, 0.15) is 6.04 Å². The van der Waals surface area contributed by atoms with E-state index < -0.39 is 49.5 Å². The predicted octanol–water partition coefficient (Wildman–Crippen LogP) is -0.773. The summed E-state index contributed by atoms with van der Waals surface area (Å²) >= 11 is 0. The van der Waals surface area contributed by atoms with Gasteiger partial charge in [0, 0.05) is 12.6 Å². The summed E-state index contributed by atoms with van der Waals surface area (Å²) in [4.78, 5) is 55.6. The van der Waals surface area contributed by atoms with Crippen LogP contribution in [-0.4, -0.2) is 65.4 Å². The molecule has 0 aromatic heterocycles. The van der Waals surface area contributed by atoms with Crippen LogP contribution in [0.25, 0.3) is 0 Å². The van der Waals surface area contributed by atoms with Crippen LogP contribution in [0.15, 0.2) is 0 Å². The van der Waals surface area contributed by atoms with Crippen LogP contribution in [0.4, 0.5) is 0 Å². The molecule has 0 saturated carbocycles. The minimum absolute atomic E-state index is 0.0903. The van der Waals surface area contributed by atoms with Gasteiger partial charge in [-0.25, -0.2) is 0 Å². The Morgan fingerprint density at radius 2 is 1.74 bits per heavy atom. The number of carbonyl (C=O) groups excluding carboxylic acids is 3. The monoisotopic (exact) mass is 409 g/mol. The Morgan fingerprint density at radius 3 is 2.22 bits per heavy atom. The van der Waals surface area contributed by atoms with Crippen molar-refractivity contribution in [1.82, 2.24) is 10.6 Å². The SMILES string of the molecule is COC(=O)CCP(=O)(O)CNC(=O)[C@@H](NC(=O)[C@@H](N)CCC(=O)O)C(C)C. The van der Waals surface area contributed by atoms with Gasteiger partial charge in [0.25, 0.3) is 0 Å². The molecular formula is C15H28N3O8P. The lowest BCUT2D eigenvalue weighted by atomic mass is 10.0. The minimum Gasteiger partial charge on any atom is -0.481 e. The molecule has 27 heavy (non-hydrogen) atoms. The third-order valence-corrected chi connectivity index (χ3v) is 5.22. The van der Waals surface area contributed by atoms with E-state index in [0.717, 1.165) is 7.11 Å². The zero-order chi connectivity index (χ0) is 21.2. The second-order valence-electron chi connectivity index (χ2n) is 6.36. The maximum atomic E-state index is 12.3. The highest BCUT2D eigenvalue weighted by Crippen LogP contribution is 2.39. The molecule has 0 aromatic carbocycles. The Labute approximate surface area is 157 Å². The molecule has 11 nitrogen and oxygen atoms in total. The van der Waals surface area contributed by atoms with Gasteiger partial charge in [-0.05, 0) is 12.3 Å². The maximum absolute atomic E-state index is 12.3. The van der Waals surface area contributed by atoms with Gasteiger partial charge in [0.15, 0.2) is 0 Å². The van der Waals surface area contributed by atoms with Crippen molar-refractivity contribution >= 4 is 31.1 Å². The Kier molecular flexibility index (Phi) is 10.8. The molecule has 0 radical (unpaired) electrons. The zero-order valence-electron chi connectivity index (χ0n) is 15.6. The lowest BCUT2D eigenvalue weighted by molar-refractivity contribution is -0.140. The Bertz CT molecular complexity index is 596. The number of carbonyl (C=O) groups is 4. The van der Waals surface area contributed by atoms with Gasteiger partial charge in [-0.2, -0.15) is 0 Å². The van der Waals surface area contributed by atoms with E-state index >= 15 is 0 Å². The molecular weight excluding hydrogens is 381 g/mol. The predicted molar refractivity (Wildman–Crippen MR) is 95.9 cm³/mol. The average molecular weight is 409 g/mol. The second kappa shape index (κ2) is 11.7. The van der Waals surface area contributed by atoms with E-state index in [4.69, 9.17) is 10.8 Å². The van der Waals surface area contributed by atoms with Gasteiger partial charge in [-0.15, -0.1) is 0 Å². The highest BCUT2D eigenvalue weighted by Gasteiger charge is 2.28. The number of ether oxygens (including phenoxy) is 1. The van der Waals surface area contributed by atoms with E-state index in [0.29, 0.717) is 0 Å². The number of methoxy groups -OCH3 is 1. The molecule has 12 heteroatoms. The van der Waals surface area contributed by atoms with E-state index in [2.05, 4.69) is 15.4 Å². The molecule has 0 saturated heterocycles. The topological polar surface area (TPSA) is 185 Å². The fraction of sp³-hybridized carbons (Fsp3) is 0.733. The number of nitrogens with one attached hydrogen (secondary N) is 2. The quantitative estimate of drug-likeness (QED) is 0.204. The molecule has 0 bridgehead atoms. The average Bonchev–Trinajstić information content (AvgIpc) is 2.59. The molecule has 156 valence electrons. The summed E-state index contributed by atoms with van der Waals surface area (Å²) in [5.41, 5.74) is 5.60. The first-order valence-electron chi connectivity index (χ1n) is 8.32. The number of aliphatic carboxylic acids is 1. The summed E-state index contributed by atoms with van der Waals surface area (Å²) in [6.07, 6.45) is -1.55. The first-order valence-corrected chi connectivity index (χ1v) is 10.4. The van der Waals surface area contributed by atoms with Crippen molar-refractivity contribution < 1.29 is 38.5 Å². The van der Waals surface area contributed by atoms with Crippen LogP contribution in [0, 0.1) is 5.92 Å². The molecule has 1 unspecified atom stereocenters. The zero-order valence-corrected chi connectivity index (χ0v) is 16.5. The Morgan fingerprint density at radius 1 is 1.15 bits per heavy atom. The van der Waals surface area contributed by atoms with E-state index in [-0.39, 0.29) is 31.3 Å². The summed E-state index contributed by atoms with van der Waals surface area (Å²) in [6.45, 7) is 3.31. The second-order valence-corrected chi connectivity index (χ2v) is 8.82. The van der Waals surface area contributed by atoms with Gasteiger partial charge in [-0.1, -0.05) is 13.8 Å². The summed E-state index contributed by atoms with van der Waals surface area (Å²) < 4.78 is 16.4. The Hall–Kier alpha value is -1.97. The van der Waals surface area contributed by atoms with Crippen molar-refractivity contribution in [2.24, 2.45) is 11.7 Å². The minimum atomic E-state index is -3.79. The molecule has 0 heterocycles. The third kappa shape index (κ3) is 10.7. The normalized spacial score (nSPS) is 15.3. The van der Waals surface area contributed by atoms with Crippen LogP contribution in [0.3, 0.4) is 0 Å². The Balaban J connectivity index is 4.71. The summed E-state index contributed by atoms with van der Waals surface area (Å²) in [5.74, 6) is -3.46. The molecule has 0 spiro atoms. The molecule has 0 aliphatic rings. The van der Waals surface area contributed by atoms with Gasteiger partial charge in [-0.3, -0.25) is 23.7 Å². The smallest absolute Gasteiger partial charge is 0.306 e. The van der Waals surface area contributed by atoms with Crippen LogP contribution >= 0.6 is 7.37 Å². The van der Waals surface area contributed by atoms with Crippen LogP contribution in [-0.2, 0) is 28.5 Å². The molecule has 0 aliphatic carbocycles. The summed E-state index contributed by atoms with van der Waals surface area (Å²) in [6, 6.07) is -2.12. The van der Waals surface area contributed by atoms with E-state index in [1.54, 1.807) is 13.8 Å². The highest BCUT2D eigenvalue weighted by molar-refractivity contribution is 7.58. The molecule has 2 amide bonds. The van der Waals surface area contributed by atoms with Crippen molar-refractivity contribution in [1.29, 1.82) is 0 Å². The first-order chi connectivity index (χ1) is 12.4. The molecule has 6 N–H and O–H groups in total. The van der Waals surface area contributed by atoms with Gasteiger partial charge in [0.05, 0.1) is 25.9 Å². The number of hydrogen-bond acceptors (Lipinski definition) is 7. The number of carboxylic acids is 1. The number of amides is 2. The number of esters is 1. The number of rotatable bonds is 12. The number of hydrogen-bond donors (Lipinski definition) is 5. The van der Waals surface area contributed by atoms with E-state index in [1.807, 2.05) is 0 Å². The van der Waals surface area contributed by atoms with Crippen molar-refractivity contribution in [3.05, 3.63) is 0 Å². The van der Waals surface area contributed by atoms with Crippen molar-refractivity contribution in [2.75, 3.05) is 19.6 Å². The van der Waals surface area contributed by atoms with Crippen LogP contribution in [0.1, 0.15) is 33.1 Å². The van der Waals surface area contributed by atoms with Crippen molar-refractivity contribution in [3.8, 4) is 0 Å². The fourth-order valence-electron chi connectivity index (χ4n) is 1.96. The highest BCUT2D eigenvalue weighted by atomic mass is 31.2. The molecule has 0 fully saturated rings. The number of nitrogens with two attached hydrogens (primary N) is 1. The van der Waals surface area contributed by atoms with E-state index in [9.17, 15) is 28.6 Å². The van der Waals surface area contributed by atoms with Gasteiger partial charge >= 0.3 is 11.9 Å². The molecule has 0 aliphatic heterocycles. The van der Waals surface area contributed by atoms with Gasteiger partial charge in [0.2, 0.25) is 19.2 Å². The molecule has 0 aromatic rings. The summed E-state index contributed by atoms with van der Waals surface area (Å²) in [5, 5.41) is 13.3. The number of carboxylic acid groups (broad SMARTS) is 1. The molecule has 0 rings (SSSR count).